The third kappa shape index (κ3) is 2.53. The molecule has 0 spiro atoms. The lowest BCUT2D eigenvalue weighted by Gasteiger charge is -2.07. The molecular formula is C14H14N2O5. The van der Waals surface area contributed by atoms with Crippen LogP contribution >= 0.6 is 0 Å². The molecule has 21 heavy (non-hydrogen) atoms. The Morgan fingerprint density at radius 3 is 2.24 bits per heavy atom. The van der Waals surface area contributed by atoms with Crippen molar-refractivity contribution in [3.05, 3.63) is 50.2 Å². The topological polar surface area (TPSA) is 105 Å². The Morgan fingerprint density at radius 1 is 0.952 bits per heavy atom. The Morgan fingerprint density at radius 2 is 1.62 bits per heavy atom. The first kappa shape index (κ1) is 14.4. The van der Waals surface area contributed by atoms with E-state index in [0.29, 0.717) is 5.56 Å². The van der Waals surface area contributed by atoms with Crippen LogP contribution in [0.3, 0.4) is 0 Å². The first-order valence-corrected chi connectivity index (χ1v) is 6.02. The quantitative estimate of drug-likeness (QED) is 0.693. The van der Waals surface area contributed by atoms with E-state index in [9.17, 15) is 24.9 Å². The molecular weight excluding hydrogens is 276 g/mol. The highest BCUT2D eigenvalue weighted by Crippen LogP contribution is 2.25. The minimum absolute atomic E-state index is 0.0489. The number of phenols is 2. The molecule has 2 rings (SSSR count). The summed E-state index contributed by atoms with van der Waals surface area (Å²) in [7, 11) is 2.66. The van der Waals surface area contributed by atoms with Crippen LogP contribution in [-0.4, -0.2) is 24.5 Å². The second-order valence-electron chi connectivity index (χ2n) is 4.52. The van der Waals surface area contributed by atoms with Crippen LogP contribution in [0.5, 0.6) is 17.4 Å². The second kappa shape index (κ2) is 5.20. The molecule has 2 aromatic rings. The number of aromatic nitrogens is 2. The highest BCUT2D eigenvalue weighted by Gasteiger charge is 2.12. The number of nitrogens with zero attached hydrogens (tertiary/aromatic N) is 2. The Bertz CT molecular complexity index is 846. The molecule has 0 atom stereocenters. The molecule has 0 radical (unpaired) electrons. The predicted octanol–water partition coefficient (Wildman–Crippen LogP) is 0.371. The summed E-state index contributed by atoms with van der Waals surface area (Å²) in [5.41, 5.74) is -0.792. The molecule has 7 heteroatoms. The summed E-state index contributed by atoms with van der Waals surface area (Å²) < 4.78 is 1.84. The molecule has 0 bridgehead atoms. The van der Waals surface area contributed by atoms with E-state index in [1.807, 2.05) is 0 Å². The van der Waals surface area contributed by atoms with Crippen molar-refractivity contribution in [1.82, 2.24) is 9.13 Å². The number of hydrogen-bond acceptors (Lipinski definition) is 5. The van der Waals surface area contributed by atoms with Gasteiger partial charge in [-0.1, -0.05) is 12.1 Å². The summed E-state index contributed by atoms with van der Waals surface area (Å²) in [6, 6.07) is 4.12. The van der Waals surface area contributed by atoms with Gasteiger partial charge in [-0.2, -0.15) is 0 Å². The van der Waals surface area contributed by atoms with Crippen molar-refractivity contribution in [2.24, 2.45) is 14.1 Å². The van der Waals surface area contributed by atoms with Crippen molar-refractivity contribution in [2.45, 2.75) is 0 Å². The molecule has 7 nitrogen and oxygen atoms in total. The number of benzene rings is 1. The third-order valence-corrected chi connectivity index (χ3v) is 3.11. The normalized spacial score (nSPS) is 11.1. The Hall–Kier alpha value is -2.96. The molecule has 1 aromatic carbocycles. The standard InChI is InChI=1S/C14H14N2O5/c1-15-12(19)9(13(20)16(2)14(15)21)5-3-8-4-6-10(17)11(18)7-8/h3-7,17-19H,1-2H3. The van der Waals surface area contributed by atoms with Gasteiger partial charge < -0.3 is 15.3 Å². The summed E-state index contributed by atoms with van der Waals surface area (Å²) in [5.74, 6) is -0.995. The smallest absolute Gasteiger partial charge is 0.333 e. The predicted molar refractivity (Wildman–Crippen MR) is 77.3 cm³/mol. The van der Waals surface area contributed by atoms with Crippen molar-refractivity contribution < 1.29 is 15.3 Å². The summed E-state index contributed by atoms with van der Waals surface area (Å²) in [4.78, 5) is 23.6. The van der Waals surface area contributed by atoms with Crippen molar-refractivity contribution in [3.63, 3.8) is 0 Å². The van der Waals surface area contributed by atoms with Crippen molar-refractivity contribution >= 4 is 12.2 Å². The van der Waals surface area contributed by atoms with Gasteiger partial charge in [-0.25, -0.2) is 4.79 Å². The van der Waals surface area contributed by atoms with Crippen molar-refractivity contribution in [3.8, 4) is 17.4 Å². The first-order chi connectivity index (χ1) is 9.82. The lowest BCUT2D eigenvalue weighted by molar-refractivity contribution is 0.403. The Balaban J connectivity index is 2.54. The van der Waals surface area contributed by atoms with Gasteiger partial charge in [0, 0.05) is 14.1 Å². The molecule has 1 heterocycles. The van der Waals surface area contributed by atoms with Crippen LogP contribution in [0.25, 0.3) is 12.2 Å². The molecule has 0 fully saturated rings. The van der Waals surface area contributed by atoms with Crippen LogP contribution in [0, 0.1) is 0 Å². The fraction of sp³-hybridized carbons (Fsp3) is 0.143. The fourth-order valence-electron chi connectivity index (χ4n) is 1.83. The molecule has 0 aliphatic carbocycles. The van der Waals surface area contributed by atoms with Crippen molar-refractivity contribution in [2.75, 3.05) is 0 Å². The Kier molecular flexibility index (Phi) is 3.58. The molecule has 0 aliphatic rings. The average molecular weight is 290 g/mol. The molecule has 0 saturated heterocycles. The monoisotopic (exact) mass is 290 g/mol. The van der Waals surface area contributed by atoms with Crippen LogP contribution in [0.1, 0.15) is 11.1 Å². The summed E-state index contributed by atoms with van der Waals surface area (Å²) in [6.45, 7) is 0. The zero-order chi connectivity index (χ0) is 15.7. The molecule has 0 amide bonds. The number of hydrogen-bond donors (Lipinski definition) is 3. The SMILES string of the molecule is Cn1c(O)c(C=Cc2ccc(O)c(O)c2)c(=O)n(C)c1=O. The van der Waals surface area contributed by atoms with Gasteiger partial charge in [0.1, 0.15) is 5.56 Å². The van der Waals surface area contributed by atoms with Crippen LogP contribution in [0.4, 0.5) is 0 Å². The van der Waals surface area contributed by atoms with Crippen LogP contribution < -0.4 is 11.2 Å². The van der Waals surface area contributed by atoms with E-state index in [4.69, 9.17) is 0 Å². The van der Waals surface area contributed by atoms with E-state index < -0.39 is 17.1 Å². The van der Waals surface area contributed by atoms with Crippen molar-refractivity contribution in [1.29, 1.82) is 0 Å². The van der Waals surface area contributed by atoms with E-state index in [-0.39, 0.29) is 17.1 Å². The molecule has 0 aliphatic heterocycles. The van der Waals surface area contributed by atoms with Gasteiger partial charge in [0.25, 0.3) is 5.56 Å². The van der Waals surface area contributed by atoms with Gasteiger partial charge in [0.2, 0.25) is 5.88 Å². The van der Waals surface area contributed by atoms with Gasteiger partial charge in [-0.05, 0) is 23.8 Å². The van der Waals surface area contributed by atoms with E-state index in [1.165, 1.54) is 44.4 Å². The first-order valence-electron chi connectivity index (χ1n) is 6.02. The van der Waals surface area contributed by atoms with Crippen LogP contribution in [0.15, 0.2) is 27.8 Å². The van der Waals surface area contributed by atoms with E-state index in [2.05, 4.69) is 0 Å². The minimum Gasteiger partial charge on any atom is -0.504 e. The van der Waals surface area contributed by atoms with E-state index in [0.717, 1.165) is 9.13 Å². The van der Waals surface area contributed by atoms with Gasteiger partial charge in [-0.3, -0.25) is 13.9 Å². The summed E-state index contributed by atoms with van der Waals surface area (Å²) in [6.07, 6.45) is 2.81. The maximum atomic E-state index is 12.0. The van der Waals surface area contributed by atoms with Gasteiger partial charge in [0.15, 0.2) is 11.5 Å². The Labute approximate surface area is 119 Å². The molecule has 0 unspecified atom stereocenters. The number of rotatable bonds is 2. The summed E-state index contributed by atoms with van der Waals surface area (Å²) >= 11 is 0. The van der Waals surface area contributed by atoms with Gasteiger partial charge in [0.05, 0.1) is 0 Å². The third-order valence-electron chi connectivity index (χ3n) is 3.11. The maximum Gasteiger partial charge on any atom is 0.333 e. The maximum absolute atomic E-state index is 12.0. The zero-order valence-electron chi connectivity index (χ0n) is 11.4. The molecule has 1 aromatic heterocycles. The molecule has 3 N–H and O–H groups in total. The lowest BCUT2D eigenvalue weighted by atomic mass is 10.1. The largest absolute Gasteiger partial charge is 0.504 e. The highest BCUT2D eigenvalue weighted by atomic mass is 16.3. The van der Waals surface area contributed by atoms with Crippen LogP contribution in [-0.2, 0) is 14.1 Å². The fourth-order valence-corrected chi connectivity index (χ4v) is 1.83. The second-order valence-corrected chi connectivity index (χ2v) is 4.52. The van der Waals surface area contributed by atoms with Crippen LogP contribution in [0.2, 0.25) is 0 Å². The van der Waals surface area contributed by atoms with E-state index in [1.54, 1.807) is 0 Å². The number of aromatic hydroxyl groups is 3. The molecule has 0 saturated carbocycles. The molecule has 110 valence electrons. The zero-order valence-corrected chi connectivity index (χ0v) is 11.4. The lowest BCUT2D eigenvalue weighted by Crippen LogP contribution is -2.37. The minimum atomic E-state index is -0.630. The average Bonchev–Trinajstić information content (AvgIpc) is 2.46. The van der Waals surface area contributed by atoms with E-state index >= 15 is 0 Å². The number of phenolic OH excluding ortho intramolecular Hbond substituents is 2. The highest BCUT2D eigenvalue weighted by molar-refractivity contribution is 5.72. The van der Waals surface area contributed by atoms with Gasteiger partial charge in [-0.15, -0.1) is 0 Å². The van der Waals surface area contributed by atoms with Gasteiger partial charge >= 0.3 is 5.69 Å². The summed E-state index contributed by atoms with van der Waals surface area (Å²) in [5, 5.41) is 28.5.